The number of cyclic esters (lactones) is 1. The van der Waals surface area contributed by atoms with E-state index in [9.17, 15) is 35.4 Å². The van der Waals surface area contributed by atoms with Crippen LogP contribution in [0.15, 0.2) is 36.4 Å². The monoisotopic (exact) mass is 536 g/mol. The van der Waals surface area contributed by atoms with Crippen LogP contribution in [-0.2, 0) is 27.1 Å². The summed E-state index contributed by atoms with van der Waals surface area (Å²) in [6.45, 7) is -0.598. The van der Waals surface area contributed by atoms with E-state index in [-0.39, 0.29) is 42.4 Å². The van der Waals surface area contributed by atoms with Gasteiger partial charge in [0, 0.05) is 12.3 Å². The first-order chi connectivity index (χ1) is 18.1. The lowest BCUT2D eigenvalue weighted by Gasteiger charge is -2.39. The van der Waals surface area contributed by atoms with Crippen LogP contribution in [0.2, 0.25) is 0 Å². The molecule has 12 nitrogen and oxygen atoms in total. The van der Waals surface area contributed by atoms with Gasteiger partial charge in [-0.25, -0.2) is 4.79 Å². The van der Waals surface area contributed by atoms with Crippen molar-refractivity contribution in [2.75, 3.05) is 27.4 Å². The van der Waals surface area contributed by atoms with E-state index in [4.69, 9.17) is 23.7 Å². The molecule has 6 N–H and O–H groups in total. The van der Waals surface area contributed by atoms with Crippen LogP contribution < -0.4 is 14.2 Å². The zero-order chi connectivity index (χ0) is 27.6. The van der Waals surface area contributed by atoms with Gasteiger partial charge < -0.3 is 54.3 Å². The number of hydrogen-bond donors (Lipinski definition) is 6. The molecule has 2 aliphatic heterocycles. The summed E-state index contributed by atoms with van der Waals surface area (Å²) in [4.78, 5) is 12.6. The molecule has 2 saturated heterocycles. The summed E-state index contributed by atoms with van der Waals surface area (Å²) in [5, 5.41) is 60.8. The van der Waals surface area contributed by atoms with Crippen molar-refractivity contribution in [2.45, 2.75) is 49.1 Å². The molecule has 2 aromatic carbocycles. The van der Waals surface area contributed by atoms with Gasteiger partial charge in [-0.05, 0) is 41.8 Å². The molecule has 2 aliphatic rings. The second-order valence-electron chi connectivity index (χ2n) is 9.41. The van der Waals surface area contributed by atoms with Gasteiger partial charge in [0.1, 0.15) is 24.4 Å². The van der Waals surface area contributed by atoms with Crippen LogP contribution in [0, 0.1) is 5.92 Å². The van der Waals surface area contributed by atoms with Gasteiger partial charge in [0.05, 0.1) is 27.4 Å². The summed E-state index contributed by atoms with van der Waals surface area (Å²) in [7, 11) is 2.80. The second kappa shape index (κ2) is 11.3. The third-order valence-electron chi connectivity index (χ3n) is 6.96. The van der Waals surface area contributed by atoms with E-state index in [0.717, 1.165) is 0 Å². The van der Waals surface area contributed by atoms with Gasteiger partial charge in [0.25, 0.3) is 0 Å². The van der Waals surface area contributed by atoms with E-state index in [1.54, 1.807) is 24.3 Å². The molecule has 2 aromatic rings. The summed E-state index contributed by atoms with van der Waals surface area (Å²) in [6, 6.07) is 9.40. The minimum absolute atomic E-state index is 0.00398. The number of methoxy groups -OCH3 is 2. The highest BCUT2D eigenvalue weighted by molar-refractivity contribution is 5.82. The van der Waals surface area contributed by atoms with E-state index < -0.39 is 54.8 Å². The predicted octanol–water partition coefficient (Wildman–Crippen LogP) is -0.723. The Labute approximate surface area is 218 Å². The van der Waals surface area contributed by atoms with Crippen LogP contribution in [0.3, 0.4) is 0 Å². The minimum Gasteiger partial charge on any atom is -0.504 e. The molecule has 0 radical (unpaired) electrons. The van der Waals surface area contributed by atoms with Gasteiger partial charge in [-0.15, -0.1) is 0 Å². The molecule has 2 fully saturated rings. The number of aliphatic hydroxyl groups is 5. The highest BCUT2D eigenvalue weighted by Gasteiger charge is 2.51. The molecule has 0 spiro atoms. The van der Waals surface area contributed by atoms with Gasteiger partial charge in [-0.3, -0.25) is 0 Å². The van der Waals surface area contributed by atoms with Crippen LogP contribution in [-0.4, -0.2) is 100 Å². The third kappa shape index (κ3) is 5.37. The van der Waals surface area contributed by atoms with Crippen molar-refractivity contribution in [2.24, 2.45) is 5.92 Å². The van der Waals surface area contributed by atoms with Crippen molar-refractivity contribution in [3.05, 3.63) is 47.5 Å². The van der Waals surface area contributed by atoms with Gasteiger partial charge in [0.15, 0.2) is 28.6 Å². The Hall–Kier alpha value is -3.13. The largest absolute Gasteiger partial charge is 0.504 e. The van der Waals surface area contributed by atoms with Crippen LogP contribution in [0.5, 0.6) is 23.0 Å². The molecule has 38 heavy (non-hydrogen) atoms. The molecule has 4 rings (SSSR count). The van der Waals surface area contributed by atoms with Crippen LogP contribution in [0.1, 0.15) is 11.1 Å². The number of aliphatic hydroxyl groups excluding tert-OH is 4. The fraction of sp³-hybridized carbons (Fsp3) is 0.500. The van der Waals surface area contributed by atoms with Crippen molar-refractivity contribution in [3.63, 3.8) is 0 Å². The Morgan fingerprint density at radius 1 is 0.947 bits per heavy atom. The Morgan fingerprint density at radius 3 is 2.32 bits per heavy atom. The zero-order valence-electron chi connectivity index (χ0n) is 20.9. The SMILES string of the molecule is COc1cc(CC2(O)C(=O)OCC2Cc2ccc(O[C@@H]3O[C@H](CO)[C@@H](O)[C@H](O)[C@H]3O)c(OC)c2)ccc1O. The Balaban J connectivity index is 1.51. The molecule has 12 heteroatoms. The first kappa shape index (κ1) is 27.9. The van der Waals surface area contributed by atoms with Crippen molar-refractivity contribution in [1.82, 2.24) is 0 Å². The van der Waals surface area contributed by atoms with Gasteiger partial charge >= 0.3 is 5.97 Å². The Kier molecular flexibility index (Phi) is 8.31. The number of rotatable bonds is 9. The topological polar surface area (TPSA) is 185 Å². The van der Waals surface area contributed by atoms with Gasteiger partial charge in [-0.2, -0.15) is 0 Å². The summed E-state index contributed by atoms with van der Waals surface area (Å²) in [5.74, 6) is -0.788. The summed E-state index contributed by atoms with van der Waals surface area (Å²) in [5.41, 5.74) is -0.555. The summed E-state index contributed by atoms with van der Waals surface area (Å²) >= 11 is 0. The molecule has 0 amide bonds. The lowest BCUT2D eigenvalue weighted by atomic mass is 9.81. The fourth-order valence-corrected chi connectivity index (χ4v) is 4.70. The quantitative estimate of drug-likeness (QED) is 0.221. The lowest BCUT2D eigenvalue weighted by Crippen LogP contribution is -2.60. The van der Waals surface area contributed by atoms with Crippen LogP contribution in [0.4, 0.5) is 0 Å². The third-order valence-corrected chi connectivity index (χ3v) is 6.96. The fourth-order valence-electron chi connectivity index (χ4n) is 4.70. The number of hydrogen-bond acceptors (Lipinski definition) is 12. The molecule has 2 heterocycles. The number of phenolic OH excluding ortho intramolecular Hbond substituents is 1. The van der Waals surface area contributed by atoms with E-state index in [0.29, 0.717) is 11.1 Å². The van der Waals surface area contributed by atoms with E-state index >= 15 is 0 Å². The second-order valence-corrected chi connectivity index (χ2v) is 9.41. The van der Waals surface area contributed by atoms with Crippen LogP contribution >= 0.6 is 0 Å². The van der Waals surface area contributed by atoms with E-state index in [1.165, 1.54) is 26.4 Å². The van der Waals surface area contributed by atoms with E-state index in [1.807, 2.05) is 0 Å². The maximum Gasteiger partial charge on any atom is 0.338 e. The highest BCUT2D eigenvalue weighted by atomic mass is 16.7. The zero-order valence-corrected chi connectivity index (χ0v) is 20.9. The van der Waals surface area contributed by atoms with Gasteiger partial charge in [-0.1, -0.05) is 12.1 Å². The van der Waals surface area contributed by atoms with Crippen molar-refractivity contribution in [1.29, 1.82) is 0 Å². The average molecular weight is 537 g/mol. The Bertz CT molecular complexity index is 1140. The molecule has 2 unspecified atom stereocenters. The number of benzene rings is 2. The van der Waals surface area contributed by atoms with Gasteiger partial charge in [0.2, 0.25) is 6.29 Å². The molecule has 0 aliphatic carbocycles. The first-order valence-corrected chi connectivity index (χ1v) is 12.0. The summed E-state index contributed by atoms with van der Waals surface area (Å²) in [6.07, 6.45) is -7.03. The highest BCUT2D eigenvalue weighted by Crippen LogP contribution is 2.37. The van der Waals surface area contributed by atoms with Crippen molar-refractivity contribution >= 4 is 5.97 Å². The molecule has 0 saturated carbocycles. The average Bonchev–Trinajstić information content (AvgIpc) is 3.18. The number of carbonyl (C=O) groups excluding carboxylic acids is 1. The molecule has 7 atom stereocenters. The number of aromatic hydroxyl groups is 1. The maximum atomic E-state index is 12.6. The smallest absolute Gasteiger partial charge is 0.338 e. The first-order valence-electron chi connectivity index (χ1n) is 12.0. The summed E-state index contributed by atoms with van der Waals surface area (Å²) < 4.78 is 26.8. The molecule has 208 valence electrons. The maximum absolute atomic E-state index is 12.6. The predicted molar refractivity (Wildman–Crippen MR) is 129 cm³/mol. The van der Waals surface area contributed by atoms with Crippen molar-refractivity contribution in [3.8, 4) is 23.0 Å². The number of esters is 1. The molecule has 0 bridgehead atoms. The standard InChI is InChI=1S/C26H32O12/c1-34-18-9-14(3-5-16(18)28)10-26(33)15(12-36-25(26)32)7-13-4-6-17(19(8-13)35-2)37-24-23(31)22(30)21(29)20(11-27)38-24/h3-6,8-9,15,20-24,27-31,33H,7,10-12H2,1-2H3/t15?,20-,21-,22+,23-,24-,26?/m1/s1. The molecule has 0 aromatic heterocycles. The number of ether oxygens (including phenoxy) is 5. The lowest BCUT2D eigenvalue weighted by molar-refractivity contribution is -0.277. The van der Waals surface area contributed by atoms with Crippen LogP contribution in [0.25, 0.3) is 0 Å². The normalized spacial score (nSPS) is 31.1. The van der Waals surface area contributed by atoms with E-state index in [2.05, 4.69) is 0 Å². The van der Waals surface area contributed by atoms with Crippen molar-refractivity contribution < 1.29 is 59.1 Å². The molecular formula is C26H32O12. The minimum atomic E-state index is -1.82. The number of carbonyl (C=O) groups is 1. The molecular weight excluding hydrogens is 504 g/mol. The Morgan fingerprint density at radius 2 is 1.63 bits per heavy atom. The number of phenols is 1.